The van der Waals surface area contributed by atoms with Crippen LogP contribution in [0.5, 0.6) is 0 Å². The van der Waals surface area contributed by atoms with E-state index in [9.17, 15) is 0 Å². The molecule has 0 saturated carbocycles. The highest BCUT2D eigenvalue weighted by molar-refractivity contribution is 4.44. The fourth-order valence-corrected chi connectivity index (χ4v) is 1.49. The van der Waals surface area contributed by atoms with E-state index in [1.54, 1.807) is 7.11 Å². The second-order valence-corrected chi connectivity index (χ2v) is 4.06. The lowest BCUT2D eigenvalue weighted by molar-refractivity contribution is 0.0239. The molecular weight excluding hydrogens is 220 g/mol. The van der Waals surface area contributed by atoms with Gasteiger partial charge in [-0.05, 0) is 12.8 Å². The molecule has 0 heterocycles. The number of methoxy groups -OCH3 is 1. The second-order valence-electron chi connectivity index (χ2n) is 4.06. The quantitative estimate of drug-likeness (QED) is 0.478. The van der Waals surface area contributed by atoms with Gasteiger partial charge in [0.25, 0.3) is 0 Å². The zero-order chi connectivity index (χ0) is 12.6. The summed E-state index contributed by atoms with van der Waals surface area (Å²) in [5.74, 6) is 0. The minimum atomic E-state index is 0.326. The van der Waals surface area contributed by atoms with Gasteiger partial charge in [0, 0.05) is 20.3 Å². The summed E-state index contributed by atoms with van der Waals surface area (Å²) < 4.78 is 15.6. The Labute approximate surface area is 105 Å². The summed E-state index contributed by atoms with van der Waals surface area (Å²) in [5, 5.41) is 8.60. The molecule has 4 heteroatoms. The Morgan fingerprint density at radius 1 is 0.647 bits per heavy atom. The Hall–Kier alpha value is -0.160. The highest BCUT2D eigenvalue weighted by atomic mass is 16.5. The Bertz CT molecular complexity index is 117. The van der Waals surface area contributed by atoms with Crippen molar-refractivity contribution in [2.45, 2.75) is 38.5 Å². The Kier molecular flexibility index (Phi) is 15.7. The van der Waals surface area contributed by atoms with E-state index in [1.807, 2.05) is 0 Å². The second kappa shape index (κ2) is 15.8. The van der Waals surface area contributed by atoms with E-state index in [1.165, 1.54) is 19.3 Å². The largest absolute Gasteiger partial charge is 0.396 e. The van der Waals surface area contributed by atoms with Crippen LogP contribution in [0.3, 0.4) is 0 Å². The van der Waals surface area contributed by atoms with Crippen LogP contribution in [-0.4, -0.2) is 51.9 Å². The molecule has 0 radical (unpaired) electrons. The lowest BCUT2D eigenvalue weighted by atomic mass is 10.1. The van der Waals surface area contributed by atoms with Crippen molar-refractivity contribution < 1.29 is 19.3 Å². The Morgan fingerprint density at radius 3 is 1.82 bits per heavy atom. The van der Waals surface area contributed by atoms with Gasteiger partial charge >= 0.3 is 0 Å². The number of aliphatic hydroxyl groups is 1. The first-order valence-electron chi connectivity index (χ1n) is 6.67. The first-order chi connectivity index (χ1) is 8.41. The summed E-state index contributed by atoms with van der Waals surface area (Å²) in [6.07, 6.45) is 6.89. The van der Waals surface area contributed by atoms with Gasteiger partial charge < -0.3 is 19.3 Å². The van der Waals surface area contributed by atoms with Crippen LogP contribution in [0, 0.1) is 0 Å². The van der Waals surface area contributed by atoms with Gasteiger partial charge in [-0.15, -0.1) is 0 Å². The molecule has 104 valence electrons. The molecule has 0 rings (SSSR count). The molecule has 4 nitrogen and oxygen atoms in total. The van der Waals surface area contributed by atoms with E-state index in [4.69, 9.17) is 19.3 Å². The number of unbranched alkanes of at least 4 members (excludes halogenated alkanes) is 5. The van der Waals surface area contributed by atoms with Crippen molar-refractivity contribution in [2.75, 3.05) is 46.8 Å². The third kappa shape index (κ3) is 15.8. The smallest absolute Gasteiger partial charge is 0.0701 e. The van der Waals surface area contributed by atoms with Crippen molar-refractivity contribution >= 4 is 0 Å². The molecule has 0 aliphatic heterocycles. The third-order valence-corrected chi connectivity index (χ3v) is 2.50. The fraction of sp³-hybridized carbons (Fsp3) is 1.00. The van der Waals surface area contributed by atoms with Crippen LogP contribution < -0.4 is 0 Å². The molecule has 0 aliphatic carbocycles. The van der Waals surface area contributed by atoms with E-state index in [0.29, 0.717) is 33.0 Å². The van der Waals surface area contributed by atoms with E-state index in [0.717, 1.165) is 25.9 Å². The van der Waals surface area contributed by atoms with E-state index >= 15 is 0 Å². The van der Waals surface area contributed by atoms with E-state index < -0.39 is 0 Å². The average molecular weight is 248 g/mol. The van der Waals surface area contributed by atoms with Crippen molar-refractivity contribution in [3.63, 3.8) is 0 Å². The zero-order valence-corrected chi connectivity index (χ0v) is 11.2. The first kappa shape index (κ1) is 16.8. The van der Waals surface area contributed by atoms with Crippen molar-refractivity contribution in [2.24, 2.45) is 0 Å². The summed E-state index contributed by atoms with van der Waals surface area (Å²) in [7, 11) is 1.67. The van der Waals surface area contributed by atoms with Crippen LogP contribution in [0.15, 0.2) is 0 Å². The van der Waals surface area contributed by atoms with Gasteiger partial charge in [-0.2, -0.15) is 0 Å². The minimum Gasteiger partial charge on any atom is -0.396 e. The SMILES string of the molecule is COCCOCCOCCCCCCCCO. The first-order valence-corrected chi connectivity index (χ1v) is 6.67. The van der Waals surface area contributed by atoms with Crippen LogP contribution >= 0.6 is 0 Å². The van der Waals surface area contributed by atoms with E-state index in [-0.39, 0.29) is 0 Å². The maximum Gasteiger partial charge on any atom is 0.0701 e. The summed E-state index contributed by atoms with van der Waals surface area (Å²) in [5.41, 5.74) is 0. The normalized spacial score (nSPS) is 10.9. The van der Waals surface area contributed by atoms with Gasteiger partial charge in [0.15, 0.2) is 0 Å². The summed E-state index contributed by atoms with van der Waals surface area (Å²) in [6.45, 7) is 3.77. The van der Waals surface area contributed by atoms with Crippen LogP contribution in [-0.2, 0) is 14.2 Å². The lowest BCUT2D eigenvalue weighted by Gasteiger charge is -2.05. The third-order valence-electron chi connectivity index (χ3n) is 2.50. The molecule has 0 aromatic carbocycles. The van der Waals surface area contributed by atoms with Crippen LogP contribution in [0.25, 0.3) is 0 Å². The number of hydrogen-bond acceptors (Lipinski definition) is 4. The molecule has 0 unspecified atom stereocenters. The molecule has 1 N–H and O–H groups in total. The van der Waals surface area contributed by atoms with Gasteiger partial charge in [-0.3, -0.25) is 0 Å². The predicted octanol–water partition coefficient (Wildman–Crippen LogP) is 2.00. The standard InChI is InChI=1S/C13H28O4/c1-15-10-11-17-13-12-16-9-7-5-3-2-4-6-8-14/h14H,2-13H2,1H3. The molecule has 0 spiro atoms. The zero-order valence-electron chi connectivity index (χ0n) is 11.2. The monoisotopic (exact) mass is 248 g/mol. The van der Waals surface area contributed by atoms with Crippen LogP contribution in [0.1, 0.15) is 38.5 Å². The minimum absolute atomic E-state index is 0.326. The lowest BCUT2D eigenvalue weighted by Crippen LogP contribution is -2.08. The summed E-state index contributed by atoms with van der Waals surface area (Å²) in [6, 6.07) is 0. The van der Waals surface area contributed by atoms with E-state index in [2.05, 4.69) is 0 Å². The molecule has 0 aromatic heterocycles. The Balaban J connectivity index is 2.85. The van der Waals surface area contributed by atoms with Crippen LogP contribution in [0.4, 0.5) is 0 Å². The molecule has 0 aliphatic rings. The highest BCUT2D eigenvalue weighted by Crippen LogP contribution is 2.04. The number of rotatable bonds is 14. The van der Waals surface area contributed by atoms with Gasteiger partial charge in [-0.1, -0.05) is 25.7 Å². The van der Waals surface area contributed by atoms with Gasteiger partial charge in [0.2, 0.25) is 0 Å². The topological polar surface area (TPSA) is 47.9 Å². The number of hydrogen-bond donors (Lipinski definition) is 1. The van der Waals surface area contributed by atoms with Gasteiger partial charge in [0.1, 0.15) is 0 Å². The maximum atomic E-state index is 8.60. The number of ether oxygens (including phenoxy) is 3. The van der Waals surface area contributed by atoms with Gasteiger partial charge in [0.05, 0.1) is 26.4 Å². The predicted molar refractivity (Wildman–Crippen MR) is 68.3 cm³/mol. The maximum absolute atomic E-state index is 8.60. The van der Waals surface area contributed by atoms with Crippen molar-refractivity contribution in [3.8, 4) is 0 Å². The van der Waals surface area contributed by atoms with Crippen molar-refractivity contribution in [3.05, 3.63) is 0 Å². The molecule has 0 aromatic rings. The fourth-order valence-electron chi connectivity index (χ4n) is 1.49. The van der Waals surface area contributed by atoms with Crippen molar-refractivity contribution in [1.29, 1.82) is 0 Å². The molecule has 0 amide bonds. The highest BCUT2D eigenvalue weighted by Gasteiger charge is 1.92. The summed E-state index contributed by atoms with van der Waals surface area (Å²) >= 11 is 0. The Morgan fingerprint density at radius 2 is 1.18 bits per heavy atom. The van der Waals surface area contributed by atoms with Gasteiger partial charge in [-0.25, -0.2) is 0 Å². The molecular formula is C13H28O4. The molecule has 0 fully saturated rings. The van der Waals surface area contributed by atoms with Crippen LogP contribution in [0.2, 0.25) is 0 Å². The molecule has 0 saturated heterocycles. The summed E-state index contributed by atoms with van der Waals surface area (Å²) in [4.78, 5) is 0. The molecule has 0 bridgehead atoms. The molecule has 0 atom stereocenters. The average Bonchev–Trinajstić information content (AvgIpc) is 2.35. The number of aliphatic hydroxyl groups excluding tert-OH is 1. The van der Waals surface area contributed by atoms with Crippen molar-refractivity contribution in [1.82, 2.24) is 0 Å². The molecule has 17 heavy (non-hydrogen) atoms.